The number of rotatable bonds is 9. The average molecular weight is 620 g/mol. The first-order valence-electron chi connectivity index (χ1n) is 10.1. The minimum absolute atomic E-state index is 0.179. The number of nitro benzene ring substituents is 1. The second-order valence-corrected chi connectivity index (χ2v) is 8.63. The molecule has 7 nitrogen and oxygen atoms in total. The van der Waals surface area contributed by atoms with E-state index in [0.717, 1.165) is 21.3 Å². The summed E-state index contributed by atoms with van der Waals surface area (Å²) in [7, 11) is 0. The lowest BCUT2D eigenvalue weighted by atomic mass is 10.1. The molecule has 3 rings (SSSR count). The molecule has 0 aliphatic heterocycles. The number of ether oxygens (including phenoxy) is 2. The Hall–Kier alpha value is -3.06. The minimum atomic E-state index is -4.70. The van der Waals surface area contributed by atoms with E-state index in [1.165, 1.54) is 6.21 Å². The fourth-order valence-corrected chi connectivity index (χ4v) is 3.84. The normalized spacial score (nSPS) is 11.5. The second kappa shape index (κ2) is 11.6. The lowest BCUT2D eigenvalue weighted by Crippen LogP contribution is -2.06. The molecule has 0 aliphatic carbocycles. The number of hydrogen-bond acceptors (Lipinski definition) is 6. The molecular weight excluding hydrogens is 602 g/mol. The zero-order valence-corrected chi connectivity index (χ0v) is 21.0. The highest BCUT2D eigenvalue weighted by Crippen LogP contribution is 2.36. The van der Waals surface area contributed by atoms with Crippen molar-refractivity contribution < 1.29 is 27.6 Å². The molecule has 0 heterocycles. The number of nitro groups is 1. The number of benzene rings is 3. The summed E-state index contributed by atoms with van der Waals surface area (Å²) in [6.07, 6.45) is -3.33. The van der Waals surface area contributed by atoms with Crippen LogP contribution in [0.3, 0.4) is 0 Å². The van der Waals surface area contributed by atoms with E-state index in [1.54, 1.807) is 24.3 Å². The Labute approximate surface area is 217 Å². The molecule has 0 amide bonds. The maximum absolute atomic E-state index is 12.9. The van der Waals surface area contributed by atoms with Crippen LogP contribution in [0.5, 0.6) is 11.5 Å². The van der Waals surface area contributed by atoms with Gasteiger partial charge < -0.3 is 9.47 Å². The molecule has 0 fully saturated rings. The van der Waals surface area contributed by atoms with E-state index < -0.39 is 22.4 Å². The van der Waals surface area contributed by atoms with Crippen molar-refractivity contribution in [3.05, 3.63) is 90.0 Å². The highest BCUT2D eigenvalue weighted by molar-refractivity contribution is 14.1. The molecule has 0 saturated carbocycles. The van der Waals surface area contributed by atoms with Crippen LogP contribution in [0.15, 0.2) is 59.7 Å². The first-order valence-corrected chi connectivity index (χ1v) is 11.5. The van der Waals surface area contributed by atoms with Gasteiger partial charge in [-0.05, 0) is 77.0 Å². The SMILES string of the molecule is CCOc1cc(/C=N\Nc2ccc(C(F)(F)F)cc2[N+](=O)[O-])cc(I)c1OCc1ccc(Cl)cc1. The number of alkyl halides is 3. The highest BCUT2D eigenvalue weighted by atomic mass is 127. The van der Waals surface area contributed by atoms with Gasteiger partial charge in [-0.15, -0.1) is 0 Å². The predicted molar refractivity (Wildman–Crippen MR) is 135 cm³/mol. The van der Waals surface area contributed by atoms with E-state index in [0.29, 0.717) is 41.4 Å². The van der Waals surface area contributed by atoms with Gasteiger partial charge in [-0.2, -0.15) is 18.3 Å². The van der Waals surface area contributed by atoms with Gasteiger partial charge in [0, 0.05) is 11.1 Å². The van der Waals surface area contributed by atoms with E-state index in [4.69, 9.17) is 21.1 Å². The van der Waals surface area contributed by atoms with Crippen molar-refractivity contribution in [2.24, 2.45) is 5.10 Å². The van der Waals surface area contributed by atoms with Crippen LogP contribution < -0.4 is 14.9 Å². The topological polar surface area (TPSA) is 86.0 Å². The third-order valence-corrected chi connectivity index (χ3v) is 5.60. The van der Waals surface area contributed by atoms with Crippen molar-refractivity contribution in [1.82, 2.24) is 0 Å². The number of anilines is 1. The summed E-state index contributed by atoms with van der Waals surface area (Å²) in [5, 5.41) is 15.8. The first kappa shape index (κ1) is 26.5. The third-order valence-electron chi connectivity index (χ3n) is 4.55. The Bertz CT molecular complexity index is 1240. The van der Waals surface area contributed by atoms with Crippen LogP contribution in [-0.4, -0.2) is 17.7 Å². The van der Waals surface area contributed by atoms with Crippen LogP contribution in [0.1, 0.15) is 23.6 Å². The number of hydrazone groups is 1. The molecule has 0 radical (unpaired) electrons. The Morgan fingerprint density at radius 1 is 1.14 bits per heavy atom. The van der Waals surface area contributed by atoms with Gasteiger partial charge in [0.15, 0.2) is 11.5 Å². The quantitative estimate of drug-likeness (QED) is 0.118. The Morgan fingerprint density at radius 2 is 1.86 bits per heavy atom. The number of halogens is 5. The molecule has 3 aromatic rings. The molecule has 0 bridgehead atoms. The maximum Gasteiger partial charge on any atom is 0.416 e. The van der Waals surface area contributed by atoms with Gasteiger partial charge in [-0.3, -0.25) is 15.5 Å². The van der Waals surface area contributed by atoms with E-state index in [2.05, 4.69) is 33.1 Å². The standard InChI is InChI=1S/C23H18ClF3IN3O4/c1-2-34-21-10-15(9-18(28)22(21)35-13-14-3-6-17(24)7-4-14)12-29-30-19-8-5-16(23(25,26)27)11-20(19)31(32)33/h3-12,30H,2,13H2,1H3/b29-12-. The van der Waals surface area contributed by atoms with Gasteiger partial charge in [0.1, 0.15) is 12.3 Å². The lowest BCUT2D eigenvalue weighted by molar-refractivity contribution is -0.384. The lowest BCUT2D eigenvalue weighted by Gasteiger charge is -2.15. The number of hydrogen-bond donors (Lipinski definition) is 1. The van der Waals surface area contributed by atoms with Crippen molar-refractivity contribution in [2.75, 3.05) is 12.0 Å². The van der Waals surface area contributed by atoms with E-state index in [1.807, 2.05) is 19.1 Å². The van der Waals surface area contributed by atoms with Crippen LogP contribution in [0, 0.1) is 13.7 Å². The highest BCUT2D eigenvalue weighted by Gasteiger charge is 2.33. The third kappa shape index (κ3) is 7.21. The van der Waals surface area contributed by atoms with Gasteiger partial charge in [0.25, 0.3) is 5.69 Å². The zero-order valence-electron chi connectivity index (χ0n) is 18.1. The Morgan fingerprint density at radius 3 is 2.49 bits per heavy atom. The number of nitrogens with zero attached hydrogens (tertiary/aromatic N) is 2. The van der Waals surface area contributed by atoms with E-state index in [-0.39, 0.29) is 5.69 Å². The van der Waals surface area contributed by atoms with Gasteiger partial charge >= 0.3 is 6.18 Å². The Kier molecular flexibility index (Phi) is 8.78. The molecule has 184 valence electrons. The smallest absolute Gasteiger partial charge is 0.416 e. The van der Waals surface area contributed by atoms with Gasteiger partial charge in [0.2, 0.25) is 0 Å². The van der Waals surface area contributed by atoms with Crippen LogP contribution in [0.25, 0.3) is 0 Å². The van der Waals surface area contributed by atoms with Gasteiger partial charge in [0.05, 0.1) is 26.9 Å². The van der Waals surface area contributed by atoms with Crippen molar-refractivity contribution in [2.45, 2.75) is 19.7 Å². The summed E-state index contributed by atoms with van der Waals surface area (Å²) in [5.41, 5.74) is 1.89. The largest absolute Gasteiger partial charge is 0.490 e. The summed E-state index contributed by atoms with van der Waals surface area (Å²) < 4.78 is 51.0. The molecule has 0 aromatic heterocycles. The zero-order chi connectivity index (χ0) is 25.6. The van der Waals surface area contributed by atoms with Crippen LogP contribution >= 0.6 is 34.2 Å². The summed E-state index contributed by atoms with van der Waals surface area (Å²) in [4.78, 5) is 10.3. The first-order chi connectivity index (χ1) is 16.6. The molecule has 1 N–H and O–H groups in total. The van der Waals surface area contributed by atoms with Crippen molar-refractivity contribution in [3.8, 4) is 11.5 Å². The van der Waals surface area contributed by atoms with Crippen molar-refractivity contribution in [3.63, 3.8) is 0 Å². The van der Waals surface area contributed by atoms with E-state index in [9.17, 15) is 23.3 Å². The fourth-order valence-electron chi connectivity index (χ4n) is 2.93. The molecule has 0 atom stereocenters. The molecule has 0 aliphatic rings. The van der Waals surface area contributed by atoms with Gasteiger partial charge in [-0.1, -0.05) is 23.7 Å². The summed E-state index contributed by atoms with van der Waals surface area (Å²) in [5.74, 6) is 1.00. The average Bonchev–Trinajstić information content (AvgIpc) is 2.79. The predicted octanol–water partition coefficient (Wildman–Crippen LogP) is 7.30. The van der Waals surface area contributed by atoms with Crippen molar-refractivity contribution >= 4 is 51.8 Å². The molecule has 0 spiro atoms. The summed E-state index contributed by atoms with van der Waals surface area (Å²) >= 11 is 7.99. The van der Waals surface area contributed by atoms with Crippen LogP contribution in [0.2, 0.25) is 5.02 Å². The molecule has 0 unspecified atom stereocenters. The monoisotopic (exact) mass is 619 g/mol. The molecule has 0 saturated heterocycles. The molecule has 35 heavy (non-hydrogen) atoms. The van der Waals surface area contributed by atoms with E-state index >= 15 is 0 Å². The van der Waals surface area contributed by atoms with Gasteiger partial charge in [-0.25, -0.2) is 0 Å². The molecule has 12 heteroatoms. The number of nitrogens with one attached hydrogen (secondary N) is 1. The maximum atomic E-state index is 12.9. The van der Waals surface area contributed by atoms with Crippen LogP contribution in [-0.2, 0) is 12.8 Å². The minimum Gasteiger partial charge on any atom is -0.490 e. The summed E-state index contributed by atoms with van der Waals surface area (Å²) in [6, 6.07) is 12.8. The second-order valence-electron chi connectivity index (χ2n) is 7.03. The van der Waals surface area contributed by atoms with Crippen LogP contribution in [0.4, 0.5) is 24.5 Å². The Balaban J connectivity index is 1.79. The molecule has 3 aromatic carbocycles. The molecular formula is C23H18ClF3IN3O4. The van der Waals surface area contributed by atoms with Crippen molar-refractivity contribution in [1.29, 1.82) is 0 Å². The summed E-state index contributed by atoms with van der Waals surface area (Å²) in [6.45, 7) is 2.49. The fraction of sp³-hybridized carbons (Fsp3) is 0.174.